The van der Waals surface area contributed by atoms with E-state index in [1.54, 1.807) is 0 Å². The number of nitrogens with zero attached hydrogens (tertiary/aromatic N) is 4. The lowest BCUT2D eigenvalue weighted by Gasteiger charge is -2.28. The predicted octanol–water partition coefficient (Wildman–Crippen LogP) is 16.6. The van der Waals surface area contributed by atoms with Crippen LogP contribution in [0.5, 0.6) is 5.75 Å². The van der Waals surface area contributed by atoms with Gasteiger partial charge < -0.3 is 9.52 Å². The fraction of sp³-hybridized carbons (Fsp3) is 0.194. The summed E-state index contributed by atoms with van der Waals surface area (Å²) in [6.07, 6.45) is 0. The quantitative estimate of drug-likeness (QED) is 0.179. The Morgan fingerprint density at radius 3 is 1.97 bits per heavy atom. The number of phenols is 1. The van der Waals surface area contributed by atoms with Gasteiger partial charge in [-0.2, -0.15) is 0 Å². The highest BCUT2D eigenvalue weighted by Crippen LogP contribution is 2.47. The van der Waals surface area contributed by atoms with Gasteiger partial charge in [-0.15, -0.1) is 0 Å². The second kappa shape index (κ2) is 14.6. The number of hydrogen-bond acceptors (Lipinski definition) is 4. The summed E-state index contributed by atoms with van der Waals surface area (Å²) in [7, 11) is 0. The van der Waals surface area contributed by atoms with Crippen molar-refractivity contribution < 1.29 is 9.52 Å². The van der Waals surface area contributed by atoms with Crippen LogP contribution in [0.3, 0.4) is 0 Å². The molecular weight excluding hydrogens is 833 g/mol. The third kappa shape index (κ3) is 6.37. The van der Waals surface area contributed by atoms with Gasteiger partial charge in [0.1, 0.15) is 28.4 Å². The second-order valence-corrected chi connectivity index (χ2v) is 21.7. The van der Waals surface area contributed by atoms with Gasteiger partial charge in [0.05, 0.1) is 38.8 Å². The van der Waals surface area contributed by atoms with Crippen LogP contribution in [0.15, 0.2) is 162 Å². The Morgan fingerprint density at radius 1 is 0.485 bits per heavy atom. The standard InChI is InChI=1S/C62H54N4O2/c1-60(2,3)38-27-30-49(44(33-38)36-18-11-10-12-19-36)65-52-24-17-21-40(55(52)64-59(65)46-34-39(61(4,5)6)35-47(56(46)67)62(7,8)9)37-26-28-42-45(32-37)58-63-48-22-14-15-23-50(48)66(58)51-31-29-43-41-20-13-16-25-53(41)68-57(43)54(42)51/h10-35,67H,1-9H3. The summed E-state index contributed by atoms with van der Waals surface area (Å²) in [6, 6.07) is 56.1. The average Bonchev–Trinajstić information content (AvgIpc) is 4.02. The van der Waals surface area contributed by atoms with E-state index in [0.717, 1.165) is 110 Å². The fourth-order valence-electron chi connectivity index (χ4n) is 10.4. The third-order valence-corrected chi connectivity index (χ3v) is 14.1. The maximum Gasteiger partial charge on any atom is 0.149 e. The zero-order valence-corrected chi connectivity index (χ0v) is 40.2. The molecule has 12 aromatic rings. The van der Waals surface area contributed by atoms with Gasteiger partial charge in [-0.1, -0.05) is 159 Å². The number of benzene rings is 8. The maximum atomic E-state index is 12.6. The van der Waals surface area contributed by atoms with Gasteiger partial charge in [0.25, 0.3) is 0 Å². The van der Waals surface area contributed by atoms with Crippen molar-refractivity contribution in [3.63, 3.8) is 0 Å². The molecule has 0 aliphatic carbocycles. The Labute approximate surface area is 396 Å². The first-order valence-corrected chi connectivity index (χ1v) is 23.7. The van der Waals surface area contributed by atoms with E-state index in [1.807, 2.05) is 12.1 Å². The molecule has 0 fully saturated rings. The van der Waals surface area contributed by atoms with E-state index in [2.05, 4.69) is 217 Å². The van der Waals surface area contributed by atoms with Gasteiger partial charge in [-0.3, -0.25) is 8.97 Å². The van der Waals surface area contributed by atoms with Crippen LogP contribution < -0.4 is 0 Å². The summed E-state index contributed by atoms with van der Waals surface area (Å²) in [5.74, 6) is 0.933. The Morgan fingerprint density at radius 2 is 1.19 bits per heavy atom. The number of hydrogen-bond donors (Lipinski definition) is 1. The average molecular weight is 887 g/mol. The number of pyridine rings is 1. The summed E-state index contributed by atoms with van der Waals surface area (Å²) < 4.78 is 11.3. The van der Waals surface area contributed by atoms with Gasteiger partial charge >= 0.3 is 0 Å². The second-order valence-electron chi connectivity index (χ2n) is 21.7. The van der Waals surface area contributed by atoms with Crippen LogP contribution >= 0.6 is 0 Å². The van der Waals surface area contributed by atoms with Crippen molar-refractivity contribution >= 4 is 71.3 Å². The van der Waals surface area contributed by atoms with Crippen LogP contribution in [0.4, 0.5) is 0 Å². The molecular formula is C62H54N4O2. The Kier molecular flexibility index (Phi) is 8.99. The van der Waals surface area contributed by atoms with Gasteiger partial charge in [0.2, 0.25) is 0 Å². The van der Waals surface area contributed by atoms with Crippen LogP contribution in [-0.2, 0) is 16.2 Å². The minimum atomic E-state index is -0.335. The number of aromatic nitrogens is 4. The van der Waals surface area contributed by atoms with Gasteiger partial charge in [0.15, 0.2) is 0 Å². The fourth-order valence-corrected chi connectivity index (χ4v) is 10.4. The van der Waals surface area contributed by atoms with Crippen molar-refractivity contribution in [2.75, 3.05) is 0 Å². The molecule has 4 aromatic heterocycles. The molecule has 12 rings (SSSR count). The monoisotopic (exact) mass is 886 g/mol. The van der Waals surface area contributed by atoms with Crippen molar-refractivity contribution in [1.82, 2.24) is 18.9 Å². The number of furan rings is 1. The summed E-state index contributed by atoms with van der Waals surface area (Å²) >= 11 is 0. The van der Waals surface area contributed by atoms with E-state index in [-0.39, 0.29) is 22.0 Å². The zero-order chi connectivity index (χ0) is 47.0. The van der Waals surface area contributed by atoms with Crippen LogP contribution in [0.25, 0.3) is 111 Å². The first-order valence-electron chi connectivity index (χ1n) is 23.7. The highest BCUT2D eigenvalue weighted by molar-refractivity contribution is 6.25. The molecule has 0 saturated carbocycles. The number of fused-ring (bicyclic) bond motifs is 13. The Bertz CT molecular complexity index is 4030. The maximum absolute atomic E-state index is 12.6. The van der Waals surface area contributed by atoms with Gasteiger partial charge in [-0.05, 0) is 105 Å². The van der Waals surface area contributed by atoms with Crippen molar-refractivity contribution in [1.29, 1.82) is 0 Å². The van der Waals surface area contributed by atoms with E-state index in [0.29, 0.717) is 11.4 Å². The molecule has 0 spiro atoms. The first kappa shape index (κ1) is 41.7. The van der Waals surface area contributed by atoms with Crippen LogP contribution in [0.1, 0.15) is 79.0 Å². The van der Waals surface area contributed by atoms with Crippen molar-refractivity contribution in [2.24, 2.45) is 0 Å². The van der Waals surface area contributed by atoms with Crippen molar-refractivity contribution in [3.8, 4) is 45.1 Å². The molecule has 0 aliphatic heterocycles. The molecule has 0 amide bonds. The molecule has 0 bridgehead atoms. The highest BCUT2D eigenvalue weighted by Gasteiger charge is 2.30. The van der Waals surface area contributed by atoms with Crippen molar-refractivity contribution in [2.45, 2.75) is 78.6 Å². The lowest BCUT2D eigenvalue weighted by Crippen LogP contribution is -2.17. The van der Waals surface area contributed by atoms with E-state index < -0.39 is 0 Å². The summed E-state index contributed by atoms with van der Waals surface area (Å²) in [5.41, 5.74) is 15.9. The van der Waals surface area contributed by atoms with E-state index in [9.17, 15) is 5.11 Å². The summed E-state index contributed by atoms with van der Waals surface area (Å²) in [6.45, 7) is 20.0. The predicted molar refractivity (Wildman–Crippen MR) is 284 cm³/mol. The topological polar surface area (TPSA) is 68.5 Å². The lowest BCUT2D eigenvalue weighted by molar-refractivity contribution is 0.446. The highest BCUT2D eigenvalue weighted by atomic mass is 16.3. The van der Waals surface area contributed by atoms with Crippen molar-refractivity contribution in [3.05, 3.63) is 174 Å². The largest absolute Gasteiger partial charge is 0.507 e. The van der Waals surface area contributed by atoms with Gasteiger partial charge in [0, 0.05) is 38.2 Å². The number of phenolic OH excluding ortho intramolecular Hbond substituents is 1. The minimum Gasteiger partial charge on any atom is -0.507 e. The molecule has 0 atom stereocenters. The van der Waals surface area contributed by atoms with E-state index in [4.69, 9.17) is 14.4 Å². The molecule has 0 aliphatic rings. The van der Waals surface area contributed by atoms with Crippen LogP contribution in [0.2, 0.25) is 0 Å². The molecule has 6 heteroatoms. The lowest BCUT2D eigenvalue weighted by atomic mass is 9.79. The minimum absolute atomic E-state index is 0.0836. The van der Waals surface area contributed by atoms with Gasteiger partial charge in [-0.25, -0.2) is 9.97 Å². The SMILES string of the molecule is CC(C)(C)c1ccc(-n2c(-c3cc(C(C)(C)C)cc(C(C)(C)C)c3O)nc3c(-c4ccc5c(c4)c4nc6ccccc6n4c4ccc6c7ccccc7oc6c54)cccc32)c(-c2ccccc2)c1. The van der Waals surface area contributed by atoms with Crippen LogP contribution in [-0.4, -0.2) is 24.0 Å². The third-order valence-electron chi connectivity index (χ3n) is 14.1. The van der Waals surface area contributed by atoms with E-state index in [1.165, 1.54) is 5.56 Å². The molecule has 334 valence electrons. The zero-order valence-electron chi connectivity index (χ0n) is 40.2. The number of para-hydroxylation sites is 4. The molecule has 68 heavy (non-hydrogen) atoms. The number of imidazole rings is 2. The van der Waals surface area contributed by atoms with E-state index >= 15 is 0 Å². The van der Waals surface area contributed by atoms with Crippen LogP contribution in [0, 0.1) is 0 Å². The summed E-state index contributed by atoms with van der Waals surface area (Å²) in [5, 5.41) is 17.9. The molecule has 8 aromatic carbocycles. The number of rotatable bonds is 4. The summed E-state index contributed by atoms with van der Waals surface area (Å²) in [4.78, 5) is 11.0. The Balaban J connectivity index is 1.19. The first-order chi connectivity index (χ1) is 32.5. The Hall–Kier alpha value is -7.70. The smallest absolute Gasteiger partial charge is 0.149 e. The molecule has 1 N–H and O–H groups in total. The normalized spacial score (nSPS) is 12.8. The molecule has 0 saturated heterocycles. The molecule has 0 radical (unpaired) electrons. The molecule has 6 nitrogen and oxygen atoms in total. The molecule has 0 unspecified atom stereocenters. The molecule has 4 heterocycles. The number of aromatic hydroxyl groups is 1.